The zero-order valence-electron chi connectivity index (χ0n) is 21.7. The predicted molar refractivity (Wildman–Crippen MR) is 144 cm³/mol. The highest BCUT2D eigenvalue weighted by Gasteiger charge is 2.19. The minimum absolute atomic E-state index is 0.00420. The number of aryl methyl sites for hydroxylation is 1. The molecule has 2 heterocycles. The van der Waals surface area contributed by atoms with Gasteiger partial charge in [-0.3, -0.25) is 4.79 Å². The van der Waals surface area contributed by atoms with Crippen LogP contribution in [-0.2, 0) is 9.53 Å². The maximum absolute atomic E-state index is 12.8. The molecule has 1 fully saturated rings. The van der Waals surface area contributed by atoms with Crippen LogP contribution in [-0.4, -0.2) is 41.6 Å². The first-order chi connectivity index (χ1) is 17.9. The molecule has 7 nitrogen and oxygen atoms in total. The number of hydrogen-bond acceptors (Lipinski definition) is 5. The Morgan fingerprint density at radius 2 is 2.11 bits per heavy atom. The van der Waals surface area contributed by atoms with E-state index in [1.165, 1.54) is 0 Å². The first kappa shape index (κ1) is 26.2. The Morgan fingerprint density at radius 3 is 2.78 bits per heavy atom. The number of carbonyl (C=O) groups excluding carboxylic acids is 1. The van der Waals surface area contributed by atoms with Gasteiger partial charge in [0.15, 0.2) is 0 Å². The number of nitriles is 1. The van der Waals surface area contributed by atoms with E-state index in [2.05, 4.69) is 25.2 Å². The van der Waals surface area contributed by atoms with Crippen molar-refractivity contribution < 1.29 is 14.3 Å². The van der Waals surface area contributed by atoms with Crippen LogP contribution in [0.5, 0.6) is 5.75 Å². The molecule has 0 spiro atoms. The molecule has 0 radical (unpaired) electrons. The number of benzene rings is 2. The number of carbonyl (C=O) groups is 1. The lowest BCUT2D eigenvalue weighted by atomic mass is 10.0. The molecule has 37 heavy (non-hydrogen) atoms. The average molecular weight is 499 g/mol. The van der Waals surface area contributed by atoms with Crippen LogP contribution in [0.25, 0.3) is 23.0 Å². The lowest BCUT2D eigenvalue weighted by Gasteiger charge is -2.12. The Bertz CT molecular complexity index is 1280. The maximum Gasteiger partial charge on any atom is 0.262 e. The highest BCUT2D eigenvalue weighted by Crippen LogP contribution is 2.30. The van der Waals surface area contributed by atoms with E-state index < -0.39 is 5.91 Å². The number of amides is 1. The second-order valence-corrected chi connectivity index (χ2v) is 9.74. The number of para-hydroxylation sites is 1. The molecule has 1 atom stereocenters. The molecule has 1 amide bonds. The molecule has 4 rings (SSSR count). The summed E-state index contributed by atoms with van der Waals surface area (Å²) in [6.07, 6.45) is 6.35. The molecule has 1 unspecified atom stereocenters. The van der Waals surface area contributed by atoms with Gasteiger partial charge >= 0.3 is 0 Å². The quantitative estimate of drug-likeness (QED) is 0.296. The lowest BCUT2D eigenvalue weighted by Crippen LogP contribution is -2.32. The molecule has 1 aromatic heterocycles. The van der Waals surface area contributed by atoms with E-state index in [4.69, 9.17) is 14.6 Å². The molecule has 0 aliphatic carbocycles. The van der Waals surface area contributed by atoms with Crippen molar-refractivity contribution in [2.75, 3.05) is 19.8 Å². The van der Waals surface area contributed by atoms with Crippen molar-refractivity contribution in [1.29, 1.82) is 5.26 Å². The Morgan fingerprint density at radius 1 is 1.30 bits per heavy atom. The fourth-order valence-electron chi connectivity index (χ4n) is 4.20. The zero-order valence-corrected chi connectivity index (χ0v) is 21.7. The summed E-state index contributed by atoms with van der Waals surface area (Å²) in [6.45, 7) is 8.14. The molecule has 1 aliphatic rings. The third-order valence-electron chi connectivity index (χ3n) is 6.34. The van der Waals surface area contributed by atoms with Crippen LogP contribution >= 0.6 is 0 Å². The van der Waals surface area contributed by atoms with Crippen LogP contribution in [0.15, 0.2) is 60.3 Å². The number of nitrogens with zero attached hydrogens (tertiary/aromatic N) is 3. The summed E-state index contributed by atoms with van der Waals surface area (Å²) in [5, 5.41) is 17.5. The fraction of sp³-hybridized carbons (Fsp3) is 0.367. The third-order valence-corrected chi connectivity index (χ3v) is 6.34. The van der Waals surface area contributed by atoms with Gasteiger partial charge in [0.05, 0.1) is 18.4 Å². The van der Waals surface area contributed by atoms with Crippen molar-refractivity contribution in [2.24, 2.45) is 5.92 Å². The molecular formula is C30H34N4O3. The van der Waals surface area contributed by atoms with Crippen molar-refractivity contribution in [3.8, 4) is 28.8 Å². The van der Waals surface area contributed by atoms with Gasteiger partial charge in [-0.15, -0.1) is 0 Å². The third kappa shape index (κ3) is 6.87. The normalized spacial score (nSPS) is 15.5. The summed E-state index contributed by atoms with van der Waals surface area (Å²) in [4.78, 5) is 12.8. The monoisotopic (exact) mass is 498 g/mol. The standard InChI is InChI=1S/C30H34N4O3/c1-21(2)13-15-37-28-12-11-23(16-22(28)3)29-25(20-34(33-29)26-8-5-4-6-9-26)17-24(18-31)30(35)32-19-27-10-7-14-36-27/h4-6,8-9,11-12,16-17,20-21,27H,7,10,13-15,19H2,1-3H3,(H,32,35)/b24-17+. The van der Waals surface area contributed by atoms with Crippen LogP contribution in [0.1, 0.15) is 44.2 Å². The second-order valence-electron chi connectivity index (χ2n) is 9.74. The maximum atomic E-state index is 12.8. The van der Waals surface area contributed by atoms with Crippen LogP contribution in [0.2, 0.25) is 0 Å². The van der Waals surface area contributed by atoms with Gasteiger partial charge in [0, 0.05) is 30.5 Å². The van der Waals surface area contributed by atoms with Crippen LogP contribution < -0.4 is 10.1 Å². The summed E-state index contributed by atoms with van der Waals surface area (Å²) in [5.41, 5.74) is 4.15. The van der Waals surface area contributed by atoms with Gasteiger partial charge in [-0.25, -0.2) is 4.68 Å². The van der Waals surface area contributed by atoms with Gasteiger partial charge in [-0.05, 0) is 74.1 Å². The Hall–Kier alpha value is -3.89. The first-order valence-electron chi connectivity index (χ1n) is 12.8. The van der Waals surface area contributed by atoms with Crippen molar-refractivity contribution in [2.45, 2.75) is 46.1 Å². The van der Waals surface area contributed by atoms with Gasteiger partial charge in [0.25, 0.3) is 5.91 Å². The van der Waals surface area contributed by atoms with Gasteiger partial charge in [-0.2, -0.15) is 10.4 Å². The Kier molecular flexibility index (Phi) is 8.76. The molecule has 3 aromatic rings. The number of aromatic nitrogens is 2. The molecule has 1 aliphatic heterocycles. The predicted octanol–water partition coefficient (Wildman–Crippen LogP) is 5.47. The van der Waals surface area contributed by atoms with Crippen molar-refractivity contribution >= 4 is 12.0 Å². The second kappa shape index (κ2) is 12.4. The summed E-state index contributed by atoms with van der Waals surface area (Å²) in [5.74, 6) is 1.00. The highest BCUT2D eigenvalue weighted by molar-refractivity contribution is 6.02. The van der Waals surface area contributed by atoms with Gasteiger partial charge in [-0.1, -0.05) is 32.0 Å². The van der Waals surface area contributed by atoms with E-state index in [9.17, 15) is 10.1 Å². The average Bonchev–Trinajstić information content (AvgIpc) is 3.57. The van der Waals surface area contributed by atoms with Crippen molar-refractivity contribution in [1.82, 2.24) is 15.1 Å². The summed E-state index contributed by atoms with van der Waals surface area (Å²) < 4.78 is 13.3. The lowest BCUT2D eigenvalue weighted by molar-refractivity contribution is -0.117. The van der Waals surface area contributed by atoms with Crippen LogP contribution in [0.4, 0.5) is 0 Å². The fourth-order valence-corrected chi connectivity index (χ4v) is 4.20. The number of rotatable bonds is 10. The molecule has 2 aromatic carbocycles. The van der Waals surface area contributed by atoms with Gasteiger partial charge < -0.3 is 14.8 Å². The summed E-state index contributed by atoms with van der Waals surface area (Å²) in [6, 6.07) is 17.8. The van der Waals surface area contributed by atoms with E-state index in [1.54, 1.807) is 10.8 Å². The van der Waals surface area contributed by atoms with E-state index in [1.807, 2.05) is 61.7 Å². The minimum Gasteiger partial charge on any atom is -0.493 e. The summed E-state index contributed by atoms with van der Waals surface area (Å²) in [7, 11) is 0. The molecule has 1 saturated heterocycles. The summed E-state index contributed by atoms with van der Waals surface area (Å²) >= 11 is 0. The van der Waals surface area contributed by atoms with E-state index >= 15 is 0 Å². The van der Waals surface area contributed by atoms with E-state index in [0.717, 1.165) is 41.8 Å². The van der Waals surface area contributed by atoms with E-state index in [0.29, 0.717) is 36.9 Å². The Balaban J connectivity index is 1.64. The molecule has 1 N–H and O–H groups in total. The van der Waals surface area contributed by atoms with Gasteiger partial charge in [0.2, 0.25) is 0 Å². The largest absolute Gasteiger partial charge is 0.493 e. The van der Waals surface area contributed by atoms with Crippen molar-refractivity contribution in [3.63, 3.8) is 0 Å². The number of hydrogen-bond donors (Lipinski definition) is 1. The molecule has 7 heteroatoms. The number of ether oxygens (including phenoxy) is 2. The smallest absolute Gasteiger partial charge is 0.262 e. The van der Waals surface area contributed by atoms with E-state index in [-0.39, 0.29) is 11.7 Å². The topological polar surface area (TPSA) is 89.2 Å². The minimum atomic E-state index is -0.415. The highest BCUT2D eigenvalue weighted by atomic mass is 16.5. The Labute approximate surface area is 218 Å². The molecule has 0 bridgehead atoms. The van der Waals surface area contributed by atoms with Crippen LogP contribution in [0, 0.1) is 24.2 Å². The molecule has 0 saturated carbocycles. The van der Waals surface area contributed by atoms with Gasteiger partial charge in [0.1, 0.15) is 23.1 Å². The molecular weight excluding hydrogens is 464 g/mol. The zero-order chi connectivity index (χ0) is 26.2. The SMILES string of the molecule is Cc1cc(-c2nn(-c3ccccc3)cc2/C=C(\C#N)C(=O)NCC2CCCO2)ccc1OCCC(C)C. The molecule has 192 valence electrons. The number of nitrogens with one attached hydrogen (secondary N) is 1. The van der Waals surface area contributed by atoms with Crippen molar-refractivity contribution in [3.05, 3.63) is 71.4 Å². The van der Waals surface area contributed by atoms with Crippen LogP contribution in [0.3, 0.4) is 0 Å². The first-order valence-corrected chi connectivity index (χ1v) is 12.8.